The maximum absolute atomic E-state index is 13.7. The fourth-order valence-corrected chi connectivity index (χ4v) is 2.42. The van der Waals surface area contributed by atoms with E-state index in [1.54, 1.807) is 6.07 Å². The standard InChI is InChI=1S/C14H6Br2F2N2O/c15-8-2-1-7(6-19)12(5-8)20-14(21)13-10(17)3-9(16)4-11(13)18/h1-5H,(H,20,21). The summed E-state index contributed by atoms with van der Waals surface area (Å²) in [5.41, 5.74) is -0.356. The zero-order valence-corrected chi connectivity index (χ0v) is 13.4. The molecule has 1 N–H and O–H groups in total. The first kappa shape index (κ1) is 15.6. The molecule has 0 aliphatic rings. The van der Waals surface area contributed by atoms with Gasteiger partial charge in [-0.15, -0.1) is 0 Å². The number of nitrogens with one attached hydrogen (secondary N) is 1. The lowest BCUT2D eigenvalue weighted by atomic mass is 10.1. The van der Waals surface area contributed by atoms with Gasteiger partial charge in [-0.1, -0.05) is 31.9 Å². The minimum atomic E-state index is -0.993. The summed E-state index contributed by atoms with van der Waals surface area (Å²) >= 11 is 6.13. The fourth-order valence-electron chi connectivity index (χ4n) is 1.66. The van der Waals surface area contributed by atoms with Crippen LogP contribution in [0.3, 0.4) is 0 Å². The molecule has 0 aliphatic carbocycles. The molecule has 0 radical (unpaired) electrons. The van der Waals surface area contributed by atoms with Gasteiger partial charge in [0.05, 0.1) is 11.3 Å². The maximum Gasteiger partial charge on any atom is 0.261 e. The normalized spacial score (nSPS) is 10.0. The second-order valence-corrected chi connectivity index (χ2v) is 5.83. The predicted octanol–water partition coefficient (Wildman–Crippen LogP) is 4.61. The molecule has 0 aliphatic heterocycles. The Bertz CT molecular complexity index is 749. The predicted molar refractivity (Wildman–Crippen MR) is 80.9 cm³/mol. The molecule has 0 fully saturated rings. The smallest absolute Gasteiger partial charge is 0.261 e. The Labute approximate surface area is 135 Å². The molecule has 0 saturated heterocycles. The van der Waals surface area contributed by atoms with Crippen molar-refractivity contribution in [1.82, 2.24) is 0 Å². The number of halogens is 4. The molecule has 106 valence electrons. The van der Waals surface area contributed by atoms with E-state index in [0.717, 1.165) is 12.1 Å². The Morgan fingerprint density at radius 2 is 1.71 bits per heavy atom. The highest BCUT2D eigenvalue weighted by Crippen LogP contribution is 2.24. The summed E-state index contributed by atoms with van der Waals surface area (Å²) in [7, 11) is 0. The zero-order valence-electron chi connectivity index (χ0n) is 10.3. The molecule has 2 rings (SSSR count). The fraction of sp³-hybridized carbons (Fsp3) is 0. The van der Waals surface area contributed by atoms with Crippen LogP contribution in [0.1, 0.15) is 15.9 Å². The van der Waals surface area contributed by atoms with Gasteiger partial charge in [0, 0.05) is 8.95 Å². The lowest BCUT2D eigenvalue weighted by Gasteiger charge is -2.09. The maximum atomic E-state index is 13.7. The number of amides is 1. The topological polar surface area (TPSA) is 52.9 Å². The lowest BCUT2D eigenvalue weighted by molar-refractivity contribution is 0.101. The van der Waals surface area contributed by atoms with Crippen LogP contribution >= 0.6 is 31.9 Å². The molecule has 3 nitrogen and oxygen atoms in total. The molecule has 0 saturated carbocycles. The average molecular weight is 416 g/mol. The van der Waals surface area contributed by atoms with Gasteiger partial charge < -0.3 is 5.32 Å². The molecule has 0 bridgehead atoms. The van der Waals surface area contributed by atoms with Gasteiger partial charge in [0.15, 0.2) is 0 Å². The highest BCUT2D eigenvalue weighted by atomic mass is 79.9. The Morgan fingerprint density at radius 3 is 2.29 bits per heavy atom. The van der Waals surface area contributed by atoms with Crippen molar-refractivity contribution in [3.05, 3.63) is 62.0 Å². The molecule has 0 unspecified atom stereocenters. The van der Waals surface area contributed by atoms with Gasteiger partial charge in [-0.3, -0.25) is 4.79 Å². The number of hydrogen-bond donors (Lipinski definition) is 1. The molecule has 0 aromatic heterocycles. The van der Waals surface area contributed by atoms with Gasteiger partial charge in [0.1, 0.15) is 23.3 Å². The zero-order chi connectivity index (χ0) is 15.6. The Morgan fingerprint density at radius 1 is 1.10 bits per heavy atom. The monoisotopic (exact) mass is 414 g/mol. The van der Waals surface area contributed by atoms with Crippen LogP contribution in [0.4, 0.5) is 14.5 Å². The van der Waals surface area contributed by atoms with Crippen LogP contribution in [0, 0.1) is 23.0 Å². The van der Waals surface area contributed by atoms with E-state index in [4.69, 9.17) is 5.26 Å². The number of anilines is 1. The van der Waals surface area contributed by atoms with E-state index in [0.29, 0.717) is 4.47 Å². The lowest BCUT2D eigenvalue weighted by Crippen LogP contribution is -2.16. The molecule has 0 atom stereocenters. The molecule has 2 aromatic carbocycles. The van der Waals surface area contributed by atoms with E-state index < -0.39 is 23.1 Å². The van der Waals surface area contributed by atoms with Crippen LogP contribution in [-0.4, -0.2) is 5.91 Å². The molecule has 1 amide bonds. The first-order valence-corrected chi connectivity index (χ1v) is 7.16. The molecule has 7 heteroatoms. The molecular weight excluding hydrogens is 410 g/mol. The highest BCUT2D eigenvalue weighted by Gasteiger charge is 2.19. The number of rotatable bonds is 2. The number of benzene rings is 2. The van der Waals surface area contributed by atoms with Crippen LogP contribution in [0.5, 0.6) is 0 Å². The second kappa shape index (κ2) is 6.33. The third-order valence-electron chi connectivity index (χ3n) is 2.58. The Kier molecular flexibility index (Phi) is 4.70. The summed E-state index contributed by atoms with van der Waals surface area (Å²) in [6.07, 6.45) is 0. The quantitative estimate of drug-likeness (QED) is 0.778. The molecule has 2 aromatic rings. The number of carbonyl (C=O) groups excluding carboxylic acids is 1. The third-order valence-corrected chi connectivity index (χ3v) is 3.54. The van der Waals surface area contributed by atoms with Gasteiger partial charge in [-0.25, -0.2) is 8.78 Å². The SMILES string of the molecule is N#Cc1ccc(Br)cc1NC(=O)c1c(F)cc(Br)cc1F. The van der Waals surface area contributed by atoms with Gasteiger partial charge in [0.25, 0.3) is 5.91 Å². The van der Waals surface area contributed by atoms with E-state index in [9.17, 15) is 13.6 Å². The summed E-state index contributed by atoms with van der Waals surface area (Å²) in [5.74, 6) is -2.95. The van der Waals surface area contributed by atoms with Crippen molar-refractivity contribution in [3.63, 3.8) is 0 Å². The van der Waals surface area contributed by atoms with E-state index in [1.165, 1.54) is 12.1 Å². The van der Waals surface area contributed by atoms with Gasteiger partial charge in [-0.2, -0.15) is 5.26 Å². The minimum Gasteiger partial charge on any atom is -0.321 e. The molecule has 21 heavy (non-hydrogen) atoms. The Hall–Kier alpha value is -1.78. The van der Waals surface area contributed by atoms with Gasteiger partial charge >= 0.3 is 0 Å². The van der Waals surface area contributed by atoms with Crippen LogP contribution < -0.4 is 5.32 Å². The number of nitriles is 1. The van der Waals surface area contributed by atoms with Crippen molar-refractivity contribution < 1.29 is 13.6 Å². The second-order valence-electron chi connectivity index (χ2n) is 4.00. The summed E-state index contributed by atoms with van der Waals surface area (Å²) < 4.78 is 28.3. The first-order valence-electron chi connectivity index (χ1n) is 5.58. The van der Waals surface area contributed by atoms with Crippen LogP contribution in [-0.2, 0) is 0 Å². The highest BCUT2D eigenvalue weighted by molar-refractivity contribution is 9.10. The number of hydrogen-bond acceptors (Lipinski definition) is 2. The van der Waals surface area contributed by atoms with Crippen molar-refractivity contribution >= 4 is 43.5 Å². The average Bonchev–Trinajstić information content (AvgIpc) is 2.37. The van der Waals surface area contributed by atoms with Crippen molar-refractivity contribution in [3.8, 4) is 6.07 Å². The van der Waals surface area contributed by atoms with Crippen LogP contribution in [0.2, 0.25) is 0 Å². The van der Waals surface area contributed by atoms with Crippen LogP contribution in [0.15, 0.2) is 39.3 Å². The van der Waals surface area contributed by atoms with Gasteiger partial charge in [-0.05, 0) is 30.3 Å². The molecule has 0 heterocycles. The van der Waals surface area contributed by atoms with E-state index >= 15 is 0 Å². The van der Waals surface area contributed by atoms with Crippen molar-refractivity contribution in [2.75, 3.05) is 5.32 Å². The van der Waals surface area contributed by atoms with Crippen molar-refractivity contribution in [2.24, 2.45) is 0 Å². The first-order chi connectivity index (χ1) is 9.92. The summed E-state index contributed by atoms with van der Waals surface area (Å²) in [5, 5.41) is 11.3. The van der Waals surface area contributed by atoms with E-state index in [-0.39, 0.29) is 15.7 Å². The van der Waals surface area contributed by atoms with E-state index in [2.05, 4.69) is 37.2 Å². The summed E-state index contributed by atoms with van der Waals surface area (Å²) in [6.45, 7) is 0. The summed E-state index contributed by atoms with van der Waals surface area (Å²) in [6, 6.07) is 8.45. The third kappa shape index (κ3) is 3.46. The number of carbonyl (C=O) groups is 1. The van der Waals surface area contributed by atoms with Gasteiger partial charge in [0.2, 0.25) is 0 Å². The largest absolute Gasteiger partial charge is 0.321 e. The van der Waals surface area contributed by atoms with Crippen LogP contribution in [0.25, 0.3) is 0 Å². The van der Waals surface area contributed by atoms with Crippen molar-refractivity contribution in [1.29, 1.82) is 5.26 Å². The van der Waals surface area contributed by atoms with Crippen molar-refractivity contribution in [2.45, 2.75) is 0 Å². The number of nitrogens with zero attached hydrogens (tertiary/aromatic N) is 1. The van der Waals surface area contributed by atoms with E-state index in [1.807, 2.05) is 6.07 Å². The molecule has 0 spiro atoms. The summed E-state index contributed by atoms with van der Waals surface area (Å²) in [4.78, 5) is 12.0. The Balaban J connectivity index is 2.40. The minimum absolute atomic E-state index is 0.165. The molecular formula is C14H6Br2F2N2O.